The number of rotatable bonds is 7. The molecule has 0 saturated carbocycles. The quantitative estimate of drug-likeness (QED) is 0.823. The lowest BCUT2D eigenvalue weighted by Gasteiger charge is -2.12. The lowest BCUT2D eigenvalue weighted by atomic mass is 10.1. The maximum atomic E-state index is 6.23. The molecule has 0 saturated heterocycles. The number of ether oxygens (including phenoxy) is 2. The normalized spacial score (nSPS) is 10.4. The van der Waals surface area contributed by atoms with E-state index in [2.05, 4.69) is 6.92 Å². The molecule has 0 radical (unpaired) electrons. The van der Waals surface area contributed by atoms with E-state index in [0.717, 1.165) is 24.2 Å². The van der Waals surface area contributed by atoms with Crippen molar-refractivity contribution in [1.29, 1.82) is 0 Å². The van der Waals surface area contributed by atoms with E-state index in [4.69, 9.17) is 26.8 Å². The molecule has 3 nitrogen and oxygen atoms in total. The van der Waals surface area contributed by atoms with Crippen LogP contribution in [0.15, 0.2) is 42.5 Å². The SMILES string of the molecule is CCCOc1ccccc1Oc1ccc(CCN)c(Cl)c1. The van der Waals surface area contributed by atoms with E-state index < -0.39 is 0 Å². The summed E-state index contributed by atoms with van der Waals surface area (Å²) in [5, 5.41) is 0.671. The lowest BCUT2D eigenvalue weighted by Crippen LogP contribution is -2.03. The Hall–Kier alpha value is -1.71. The van der Waals surface area contributed by atoms with E-state index in [1.807, 2.05) is 42.5 Å². The van der Waals surface area contributed by atoms with Gasteiger partial charge in [0.2, 0.25) is 0 Å². The van der Waals surface area contributed by atoms with Gasteiger partial charge in [0.05, 0.1) is 6.61 Å². The van der Waals surface area contributed by atoms with Crippen LogP contribution < -0.4 is 15.2 Å². The molecule has 2 aromatic carbocycles. The fourth-order valence-corrected chi connectivity index (χ4v) is 2.21. The highest BCUT2D eigenvalue weighted by Gasteiger charge is 2.07. The first-order chi connectivity index (χ1) is 10.2. The standard InChI is InChI=1S/C17H20ClNO2/c1-2-11-20-16-5-3-4-6-17(16)21-14-8-7-13(9-10-19)15(18)12-14/h3-8,12H,2,9-11,19H2,1H3. The first-order valence-electron chi connectivity index (χ1n) is 7.12. The molecule has 21 heavy (non-hydrogen) atoms. The molecule has 2 aromatic rings. The molecular weight excluding hydrogens is 286 g/mol. The van der Waals surface area contributed by atoms with Crippen LogP contribution in [0.5, 0.6) is 17.2 Å². The maximum absolute atomic E-state index is 6.23. The van der Waals surface area contributed by atoms with Crippen LogP contribution in [-0.4, -0.2) is 13.2 Å². The minimum Gasteiger partial charge on any atom is -0.490 e. The van der Waals surface area contributed by atoms with E-state index in [9.17, 15) is 0 Å². The summed E-state index contributed by atoms with van der Waals surface area (Å²) in [6, 6.07) is 13.3. The van der Waals surface area contributed by atoms with Gasteiger partial charge in [0.25, 0.3) is 0 Å². The molecule has 0 heterocycles. The summed E-state index contributed by atoms with van der Waals surface area (Å²) in [4.78, 5) is 0. The molecule has 0 unspecified atom stereocenters. The molecule has 2 rings (SSSR count). The third kappa shape index (κ3) is 4.38. The smallest absolute Gasteiger partial charge is 0.169 e. The number of benzene rings is 2. The lowest BCUT2D eigenvalue weighted by molar-refractivity contribution is 0.302. The minimum atomic E-state index is 0.577. The van der Waals surface area contributed by atoms with Crippen molar-refractivity contribution in [2.24, 2.45) is 5.73 Å². The predicted octanol–water partition coefficient (Wildman–Crippen LogP) is 4.42. The Morgan fingerprint density at radius 3 is 2.52 bits per heavy atom. The largest absolute Gasteiger partial charge is 0.490 e. The average Bonchev–Trinajstić information content (AvgIpc) is 2.49. The van der Waals surface area contributed by atoms with Crippen LogP contribution >= 0.6 is 11.6 Å². The van der Waals surface area contributed by atoms with Gasteiger partial charge in [-0.15, -0.1) is 0 Å². The molecule has 0 aliphatic heterocycles. The molecular formula is C17H20ClNO2. The second kappa shape index (κ2) is 7.91. The number of para-hydroxylation sites is 2. The Morgan fingerprint density at radius 2 is 1.86 bits per heavy atom. The van der Waals surface area contributed by atoms with Gasteiger partial charge in [-0.3, -0.25) is 0 Å². The molecule has 0 aromatic heterocycles. The molecule has 2 N–H and O–H groups in total. The summed E-state index contributed by atoms with van der Waals surface area (Å²) in [5.41, 5.74) is 6.58. The Morgan fingerprint density at radius 1 is 1.10 bits per heavy atom. The topological polar surface area (TPSA) is 44.5 Å². The zero-order chi connectivity index (χ0) is 15.1. The van der Waals surface area contributed by atoms with Crippen LogP contribution in [-0.2, 0) is 6.42 Å². The van der Waals surface area contributed by atoms with E-state index in [-0.39, 0.29) is 0 Å². The van der Waals surface area contributed by atoms with Gasteiger partial charge >= 0.3 is 0 Å². The summed E-state index contributed by atoms with van der Waals surface area (Å²) in [5.74, 6) is 2.11. The molecule has 0 spiro atoms. The third-order valence-corrected chi connectivity index (χ3v) is 3.33. The van der Waals surface area contributed by atoms with Crippen LogP contribution in [0.4, 0.5) is 0 Å². The summed E-state index contributed by atoms with van der Waals surface area (Å²) >= 11 is 6.23. The number of halogens is 1. The predicted molar refractivity (Wildman–Crippen MR) is 86.5 cm³/mol. The second-order valence-electron chi connectivity index (χ2n) is 4.69. The number of hydrogen-bond acceptors (Lipinski definition) is 3. The molecule has 0 fully saturated rings. The van der Waals surface area contributed by atoms with Crippen LogP contribution in [0.2, 0.25) is 5.02 Å². The van der Waals surface area contributed by atoms with Crippen LogP contribution in [0.1, 0.15) is 18.9 Å². The van der Waals surface area contributed by atoms with Crippen molar-refractivity contribution in [3.05, 3.63) is 53.1 Å². The van der Waals surface area contributed by atoms with Crippen molar-refractivity contribution in [2.75, 3.05) is 13.2 Å². The van der Waals surface area contributed by atoms with E-state index in [0.29, 0.717) is 29.7 Å². The zero-order valence-electron chi connectivity index (χ0n) is 12.1. The van der Waals surface area contributed by atoms with E-state index >= 15 is 0 Å². The Labute approximate surface area is 130 Å². The average molecular weight is 306 g/mol. The van der Waals surface area contributed by atoms with Gasteiger partial charge in [-0.2, -0.15) is 0 Å². The van der Waals surface area contributed by atoms with Crippen LogP contribution in [0, 0.1) is 0 Å². The summed E-state index contributed by atoms with van der Waals surface area (Å²) in [6.45, 7) is 3.31. The van der Waals surface area contributed by atoms with E-state index in [1.54, 1.807) is 0 Å². The Kier molecular flexibility index (Phi) is 5.90. The van der Waals surface area contributed by atoms with Gasteiger partial charge in [0, 0.05) is 5.02 Å². The maximum Gasteiger partial charge on any atom is 0.169 e. The van der Waals surface area contributed by atoms with Crippen molar-refractivity contribution >= 4 is 11.6 Å². The molecule has 0 bridgehead atoms. The van der Waals surface area contributed by atoms with Crippen molar-refractivity contribution in [2.45, 2.75) is 19.8 Å². The summed E-state index contributed by atoms with van der Waals surface area (Å²) in [7, 11) is 0. The number of hydrogen-bond donors (Lipinski definition) is 1. The van der Waals surface area contributed by atoms with Gasteiger partial charge in [-0.25, -0.2) is 0 Å². The second-order valence-corrected chi connectivity index (χ2v) is 5.10. The van der Waals surface area contributed by atoms with Crippen LogP contribution in [0.3, 0.4) is 0 Å². The molecule has 4 heteroatoms. The summed E-state index contributed by atoms with van der Waals surface area (Å²) < 4.78 is 11.6. The third-order valence-electron chi connectivity index (χ3n) is 2.98. The van der Waals surface area contributed by atoms with Crippen molar-refractivity contribution in [1.82, 2.24) is 0 Å². The highest BCUT2D eigenvalue weighted by molar-refractivity contribution is 6.31. The van der Waals surface area contributed by atoms with Gasteiger partial charge in [-0.05, 0) is 49.2 Å². The van der Waals surface area contributed by atoms with Crippen LogP contribution in [0.25, 0.3) is 0 Å². The van der Waals surface area contributed by atoms with Gasteiger partial charge in [0.1, 0.15) is 5.75 Å². The molecule has 0 aliphatic carbocycles. The molecule has 0 amide bonds. The molecule has 112 valence electrons. The first kappa shape index (κ1) is 15.7. The van der Waals surface area contributed by atoms with Crippen molar-refractivity contribution in [3.8, 4) is 17.2 Å². The van der Waals surface area contributed by atoms with E-state index in [1.165, 1.54) is 0 Å². The van der Waals surface area contributed by atoms with Gasteiger partial charge in [-0.1, -0.05) is 36.7 Å². The molecule has 0 aliphatic rings. The Bertz CT molecular complexity index is 587. The van der Waals surface area contributed by atoms with Gasteiger partial charge in [0.15, 0.2) is 11.5 Å². The van der Waals surface area contributed by atoms with Gasteiger partial charge < -0.3 is 15.2 Å². The first-order valence-corrected chi connectivity index (χ1v) is 7.50. The molecule has 0 atom stereocenters. The minimum absolute atomic E-state index is 0.577. The fraction of sp³-hybridized carbons (Fsp3) is 0.294. The monoisotopic (exact) mass is 305 g/mol. The number of nitrogens with two attached hydrogens (primary N) is 1. The summed E-state index contributed by atoms with van der Waals surface area (Å²) in [6.07, 6.45) is 1.71. The Balaban J connectivity index is 2.16. The van der Waals surface area contributed by atoms with Crippen molar-refractivity contribution in [3.63, 3.8) is 0 Å². The van der Waals surface area contributed by atoms with Crippen molar-refractivity contribution < 1.29 is 9.47 Å². The fourth-order valence-electron chi connectivity index (χ4n) is 1.94. The highest BCUT2D eigenvalue weighted by Crippen LogP contribution is 2.33. The zero-order valence-corrected chi connectivity index (χ0v) is 12.9. The highest BCUT2D eigenvalue weighted by atomic mass is 35.5.